The van der Waals surface area contributed by atoms with Crippen molar-refractivity contribution in [2.75, 3.05) is 13.2 Å². The molecule has 0 spiro atoms. The molecule has 0 radical (unpaired) electrons. The summed E-state index contributed by atoms with van der Waals surface area (Å²) in [5.41, 5.74) is 0. The zero-order valence-electron chi connectivity index (χ0n) is 19.5. The van der Waals surface area contributed by atoms with Crippen LogP contribution in [0.5, 0.6) is 0 Å². The lowest BCUT2D eigenvalue weighted by atomic mass is 9.67. The van der Waals surface area contributed by atoms with Crippen LogP contribution in [0.2, 0.25) is 0 Å². The summed E-state index contributed by atoms with van der Waals surface area (Å²) in [6.07, 6.45) is 23.4. The van der Waals surface area contributed by atoms with Crippen LogP contribution in [0, 0.1) is 17.8 Å². The summed E-state index contributed by atoms with van der Waals surface area (Å²) in [6, 6.07) is 0. The second kappa shape index (κ2) is 14.0. The van der Waals surface area contributed by atoms with Crippen LogP contribution in [0.25, 0.3) is 0 Å². The van der Waals surface area contributed by atoms with Gasteiger partial charge in [0.25, 0.3) is 0 Å². The molecule has 2 heteroatoms. The summed E-state index contributed by atoms with van der Waals surface area (Å²) in [4.78, 5) is 0. The molecule has 0 N–H and O–H groups in total. The number of hydrogen-bond acceptors (Lipinski definition) is 2. The second-order valence-electron chi connectivity index (χ2n) is 9.48. The molecule has 2 aliphatic carbocycles. The van der Waals surface area contributed by atoms with Gasteiger partial charge in [0, 0.05) is 25.0 Å². The van der Waals surface area contributed by atoms with Crippen LogP contribution < -0.4 is 0 Å². The number of ether oxygens (including phenoxy) is 2. The Morgan fingerprint density at radius 2 is 1.21 bits per heavy atom. The van der Waals surface area contributed by atoms with Crippen molar-refractivity contribution < 1.29 is 9.47 Å². The first-order valence-corrected chi connectivity index (χ1v) is 13.1. The molecule has 166 valence electrons. The van der Waals surface area contributed by atoms with E-state index in [4.69, 9.17) is 9.47 Å². The van der Waals surface area contributed by atoms with Crippen molar-refractivity contribution in [3.63, 3.8) is 0 Å². The average Bonchev–Trinajstić information content (AvgIpc) is 2.74. The van der Waals surface area contributed by atoms with Crippen molar-refractivity contribution in [2.45, 2.75) is 136 Å². The van der Waals surface area contributed by atoms with E-state index in [1.54, 1.807) is 0 Å². The van der Waals surface area contributed by atoms with Crippen LogP contribution in [-0.4, -0.2) is 19.0 Å². The highest BCUT2D eigenvalue weighted by atomic mass is 16.7. The fourth-order valence-electron chi connectivity index (χ4n) is 6.20. The van der Waals surface area contributed by atoms with E-state index in [-0.39, 0.29) is 5.79 Å². The van der Waals surface area contributed by atoms with Gasteiger partial charge in [0.1, 0.15) is 0 Å². The van der Waals surface area contributed by atoms with E-state index >= 15 is 0 Å². The van der Waals surface area contributed by atoms with E-state index in [2.05, 4.69) is 20.8 Å². The molecule has 2 rings (SSSR count). The standard InChI is InChI=1S/C26H50O2/c1-4-7-8-9-10-17-22-25(23-18-13-11-14-19-23)26(27-5-2,28-6-3)24-20-15-12-16-21-24/h23-25H,4-22H2,1-3H3. The van der Waals surface area contributed by atoms with E-state index in [9.17, 15) is 0 Å². The van der Waals surface area contributed by atoms with Crippen LogP contribution in [0.1, 0.15) is 130 Å². The van der Waals surface area contributed by atoms with Gasteiger partial charge >= 0.3 is 0 Å². The summed E-state index contributed by atoms with van der Waals surface area (Å²) < 4.78 is 13.4. The maximum atomic E-state index is 6.70. The highest BCUT2D eigenvalue weighted by Crippen LogP contribution is 2.48. The Morgan fingerprint density at radius 1 is 0.679 bits per heavy atom. The van der Waals surface area contributed by atoms with Gasteiger partial charge in [0.05, 0.1) is 0 Å². The molecule has 0 saturated heterocycles. The van der Waals surface area contributed by atoms with Crippen molar-refractivity contribution in [2.24, 2.45) is 17.8 Å². The molecule has 2 aliphatic rings. The third-order valence-corrected chi connectivity index (χ3v) is 7.52. The van der Waals surface area contributed by atoms with Crippen LogP contribution in [0.3, 0.4) is 0 Å². The highest BCUT2D eigenvalue weighted by Gasteiger charge is 2.49. The summed E-state index contributed by atoms with van der Waals surface area (Å²) in [5, 5.41) is 0. The third kappa shape index (κ3) is 7.01. The summed E-state index contributed by atoms with van der Waals surface area (Å²) in [5.74, 6) is 1.70. The van der Waals surface area contributed by atoms with Gasteiger partial charge in [0.15, 0.2) is 5.79 Å². The largest absolute Gasteiger partial charge is 0.350 e. The van der Waals surface area contributed by atoms with Gasteiger partial charge in [-0.15, -0.1) is 0 Å². The average molecular weight is 395 g/mol. The molecule has 0 aromatic rings. The quantitative estimate of drug-likeness (QED) is 0.218. The SMILES string of the molecule is CCCCCCCCC(C1CCCCC1)C(OCC)(OCC)C1CCCCC1. The first kappa shape index (κ1) is 24.2. The minimum atomic E-state index is -0.310. The minimum Gasteiger partial charge on any atom is -0.350 e. The van der Waals surface area contributed by atoms with Crippen molar-refractivity contribution >= 4 is 0 Å². The van der Waals surface area contributed by atoms with E-state index < -0.39 is 0 Å². The highest BCUT2D eigenvalue weighted by molar-refractivity contribution is 4.93. The third-order valence-electron chi connectivity index (χ3n) is 7.52. The van der Waals surface area contributed by atoms with Gasteiger partial charge in [-0.25, -0.2) is 0 Å². The number of rotatable bonds is 14. The monoisotopic (exact) mass is 394 g/mol. The maximum absolute atomic E-state index is 6.70. The van der Waals surface area contributed by atoms with E-state index in [0.717, 1.165) is 19.1 Å². The van der Waals surface area contributed by atoms with E-state index in [0.29, 0.717) is 11.8 Å². The Kier molecular flexibility index (Phi) is 12.1. The molecule has 2 saturated carbocycles. The van der Waals surface area contributed by atoms with Crippen LogP contribution >= 0.6 is 0 Å². The Balaban J connectivity index is 2.14. The summed E-state index contributed by atoms with van der Waals surface area (Å²) in [7, 11) is 0. The van der Waals surface area contributed by atoms with Crippen molar-refractivity contribution in [1.82, 2.24) is 0 Å². The second-order valence-corrected chi connectivity index (χ2v) is 9.48. The van der Waals surface area contributed by atoms with Crippen LogP contribution in [0.4, 0.5) is 0 Å². The number of unbranched alkanes of at least 4 members (excludes halogenated alkanes) is 5. The fraction of sp³-hybridized carbons (Fsp3) is 1.00. The maximum Gasteiger partial charge on any atom is 0.174 e. The van der Waals surface area contributed by atoms with E-state index in [1.165, 1.54) is 109 Å². The van der Waals surface area contributed by atoms with Crippen molar-refractivity contribution in [3.05, 3.63) is 0 Å². The Hall–Kier alpha value is -0.0800. The fourth-order valence-corrected chi connectivity index (χ4v) is 6.20. The molecule has 0 heterocycles. The normalized spacial score (nSPS) is 21.1. The van der Waals surface area contributed by atoms with Crippen LogP contribution in [0.15, 0.2) is 0 Å². The van der Waals surface area contributed by atoms with Gasteiger partial charge in [-0.3, -0.25) is 0 Å². The molecule has 0 aromatic carbocycles. The molecule has 1 unspecified atom stereocenters. The van der Waals surface area contributed by atoms with Gasteiger partial charge in [-0.05, 0) is 51.9 Å². The zero-order chi connectivity index (χ0) is 20.1. The smallest absolute Gasteiger partial charge is 0.174 e. The first-order chi connectivity index (χ1) is 13.8. The van der Waals surface area contributed by atoms with E-state index in [1.807, 2.05) is 0 Å². The molecular weight excluding hydrogens is 344 g/mol. The molecule has 0 aliphatic heterocycles. The molecule has 1 atom stereocenters. The molecule has 2 nitrogen and oxygen atoms in total. The topological polar surface area (TPSA) is 18.5 Å². The summed E-state index contributed by atoms with van der Waals surface area (Å²) >= 11 is 0. The lowest BCUT2D eigenvalue weighted by Crippen LogP contribution is -2.53. The van der Waals surface area contributed by atoms with Crippen molar-refractivity contribution in [3.8, 4) is 0 Å². The molecular formula is C26H50O2. The Bertz CT molecular complexity index is 363. The molecule has 28 heavy (non-hydrogen) atoms. The molecule has 2 fully saturated rings. The summed E-state index contributed by atoms with van der Waals surface area (Å²) in [6.45, 7) is 8.24. The van der Waals surface area contributed by atoms with Gasteiger partial charge in [0.2, 0.25) is 0 Å². The van der Waals surface area contributed by atoms with Crippen molar-refractivity contribution in [1.29, 1.82) is 0 Å². The lowest BCUT2D eigenvalue weighted by Gasteiger charge is -2.50. The lowest BCUT2D eigenvalue weighted by molar-refractivity contribution is -0.308. The Labute approximate surface area is 176 Å². The van der Waals surface area contributed by atoms with Gasteiger partial charge < -0.3 is 9.47 Å². The van der Waals surface area contributed by atoms with Crippen LogP contribution in [-0.2, 0) is 9.47 Å². The predicted octanol–water partition coefficient (Wildman–Crippen LogP) is 8.28. The zero-order valence-corrected chi connectivity index (χ0v) is 19.5. The minimum absolute atomic E-state index is 0.310. The molecule has 0 aromatic heterocycles. The predicted molar refractivity (Wildman–Crippen MR) is 121 cm³/mol. The molecule has 0 bridgehead atoms. The number of hydrogen-bond donors (Lipinski definition) is 0. The first-order valence-electron chi connectivity index (χ1n) is 13.1. The van der Waals surface area contributed by atoms with Gasteiger partial charge in [-0.2, -0.15) is 0 Å². The molecule has 0 amide bonds. The van der Waals surface area contributed by atoms with Gasteiger partial charge in [-0.1, -0.05) is 84.0 Å². The Morgan fingerprint density at radius 3 is 1.79 bits per heavy atom.